The summed E-state index contributed by atoms with van der Waals surface area (Å²) in [6, 6.07) is 2.33. The maximum atomic E-state index is 13.4. The molecular weight excluding hydrogens is 300 g/mol. The smallest absolute Gasteiger partial charge is 0.211 e. The zero-order chi connectivity index (χ0) is 13.8. The summed E-state index contributed by atoms with van der Waals surface area (Å²) in [5.41, 5.74) is 0. The minimum absolute atomic E-state index is 0.215. The van der Waals surface area contributed by atoms with Gasteiger partial charge in [0.05, 0.1) is 10.0 Å². The molecule has 1 N–H and O–H groups in total. The molecule has 0 radical (unpaired) electrons. The Morgan fingerprint density at radius 1 is 1.39 bits per heavy atom. The summed E-state index contributed by atoms with van der Waals surface area (Å²) in [6.07, 6.45) is 4.17. The number of sulfonamides is 1. The van der Waals surface area contributed by atoms with Gasteiger partial charge in [-0.3, -0.25) is 0 Å². The predicted octanol–water partition coefficient (Wildman–Crippen LogP) is 3.38. The normalized spacial score (nSPS) is 12.2. The summed E-state index contributed by atoms with van der Waals surface area (Å²) in [5, 5.41) is -0.714. The summed E-state index contributed by atoms with van der Waals surface area (Å²) in [5.74, 6) is -0.935. The van der Waals surface area contributed by atoms with E-state index in [1.807, 2.05) is 19.1 Å². The van der Waals surface area contributed by atoms with E-state index in [9.17, 15) is 12.8 Å². The zero-order valence-electron chi connectivity index (χ0n) is 9.58. The van der Waals surface area contributed by atoms with Gasteiger partial charge in [0.1, 0.15) is 4.90 Å². The lowest BCUT2D eigenvalue weighted by atomic mass is 10.3. The van der Waals surface area contributed by atoms with Crippen molar-refractivity contribution in [2.45, 2.75) is 18.2 Å². The fourth-order valence-corrected chi connectivity index (χ4v) is 3.03. The maximum absolute atomic E-state index is 13.4. The number of halogens is 3. The lowest BCUT2D eigenvalue weighted by Gasteiger charge is -2.08. The van der Waals surface area contributed by atoms with Crippen LogP contribution in [0.1, 0.15) is 13.3 Å². The first-order chi connectivity index (χ1) is 8.40. The fraction of sp³-hybridized carbons (Fsp3) is 0.273. The van der Waals surface area contributed by atoms with Crippen LogP contribution in [0, 0.1) is 5.82 Å². The van der Waals surface area contributed by atoms with Gasteiger partial charge in [0, 0.05) is 6.54 Å². The topological polar surface area (TPSA) is 46.2 Å². The molecule has 0 aromatic heterocycles. The van der Waals surface area contributed by atoms with Gasteiger partial charge in [0.2, 0.25) is 10.0 Å². The molecule has 0 bridgehead atoms. The van der Waals surface area contributed by atoms with Gasteiger partial charge in [0.25, 0.3) is 0 Å². The number of allylic oxidation sites excluding steroid dienone is 1. The molecule has 1 aromatic rings. The van der Waals surface area contributed by atoms with Crippen molar-refractivity contribution in [1.82, 2.24) is 4.72 Å². The molecule has 0 fully saturated rings. The SMILES string of the molecule is C/C=C/CCNS(=O)(=O)c1ccc(Cl)c(F)c1Cl. The van der Waals surface area contributed by atoms with E-state index < -0.39 is 20.9 Å². The molecule has 0 unspecified atom stereocenters. The van der Waals surface area contributed by atoms with Crippen molar-refractivity contribution in [3.8, 4) is 0 Å². The first-order valence-electron chi connectivity index (χ1n) is 5.14. The Morgan fingerprint density at radius 3 is 2.67 bits per heavy atom. The monoisotopic (exact) mass is 311 g/mol. The number of hydrogen-bond acceptors (Lipinski definition) is 2. The number of rotatable bonds is 5. The molecule has 0 aliphatic carbocycles. The van der Waals surface area contributed by atoms with Crippen LogP contribution < -0.4 is 4.72 Å². The van der Waals surface area contributed by atoms with Crippen molar-refractivity contribution in [1.29, 1.82) is 0 Å². The zero-order valence-corrected chi connectivity index (χ0v) is 11.9. The molecule has 0 aliphatic rings. The quantitative estimate of drug-likeness (QED) is 0.515. The highest BCUT2D eigenvalue weighted by atomic mass is 35.5. The van der Waals surface area contributed by atoms with E-state index in [1.165, 1.54) is 6.07 Å². The van der Waals surface area contributed by atoms with E-state index in [2.05, 4.69) is 4.72 Å². The van der Waals surface area contributed by atoms with Crippen LogP contribution >= 0.6 is 23.2 Å². The first-order valence-corrected chi connectivity index (χ1v) is 7.38. The summed E-state index contributed by atoms with van der Waals surface area (Å²) in [4.78, 5) is -0.313. The van der Waals surface area contributed by atoms with Crippen molar-refractivity contribution < 1.29 is 12.8 Å². The largest absolute Gasteiger partial charge is 0.242 e. The van der Waals surface area contributed by atoms with Crippen molar-refractivity contribution in [3.63, 3.8) is 0 Å². The van der Waals surface area contributed by atoms with E-state index in [-0.39, 0.29) is 16.5 Å². The number of benzene rings is 1. The average molecular weight is 312 g/mol. The van der Waals surface area contributed by atoms with Gasteiger partial charge in [-0.1, -0.05) is 35.4 Å². The third kappa shape index (κ3) is 3.68. The predicted molar refractivity (Wildman–Crippen MR) is 71.0 cm³/mol. The van der Waals surface area contributed by atoms with Gasteiger partial charge in [-0.15, -0.1) is 0 Å². The maximum Gasteiger partial charge on any atom is 0.242 e. The Bertz CT molecular complexity index is 558. The molecule has 18 heavy (non-hydrogen) atoms. The van der Waals surface area contributed by atoms with Crippen LogP contribution in [0.15, 0.2) is 29.2 Å². The Hall–Kier alpha value is -0.620. The molecule has 0 spiro atoms. The van der Waals surface area contributed by atoms with Gasteiger partial charge in [-0.05, 0) is 25.5 Å². The standard InChI is InChI=1S/C11H12Cl2FNO2S/c1-2-3-4-7-15-18(16,17)9-6-5-8(12)11(14)10(9)13/h2-3,5-6,15H,4,7H2,1H3/b3-2+. The molecule has 3 nitrogen and oxygen atoms in total. The van der Waals surface area contributed by atoms with Gasteiger partial charge in [-0.2, -0.15) is 0 Å². The van der Waals surface area contributed by atoms with Crippen LogP contribution in [0.4, 0.5) is 4.39 Å². The lowest BCUT2D eigenvalue weighted by Crippen LogP contribution is -2.25. The van der Waals surface area contributed by atoms with Gasteiger partial charge in [0.15, 0.2) is 5.82 Å². The summed E-state index contributed by atoms with van der Waals surface area (Å²) in [6.45, 7) is 2.05. The van der Waals surface area contributed by atoms with E-state index in [0.29, 0.717) is 6.42 Å². The van der Waals surface area contributed by atoms with Crippen LogP contribution in [0.3, 0.4) is 0 Å². The second kappa shape index (κ2) is 6.52. The Labute approximate surface area is 116 Å². The van der Waals surface area contributed by atoms with Crippen molar-refractivity contribution in [2.24, 2.45) is 0 Å². The van der Waals surface area contributed by atoms with Crippen LogP contribution in [-0.2, 0) is 10.0 Å². The molecular formula is C11H12Cl2FNO2S. The lowest BCUT2D eigenvalue weighted by molar-refractivity contribution is 0.578. The van der Waals surface area contributed by atoms with E-state index in [0.717, 1.165) is 6.07 Å². The third-order valence-electron chi connectivity index (χ3n) is 2.13. The molecule has 0 aliphatic heterocycles. The molecule has 1 aromatic carbocycles. The van der Waals surface area contributed by atoms with Crippen LogP contribution in [0.25, 0.3) is 0 Å². The second-order valence-corrected chi connectivity index (χ2v) is 5.95. The van der Waals surface area contributed by atoms with Crippen LogP contribution in [-0.4, -0.2) is 15.0 Å². The van der Waals surface area contributed by atoms with Gasteiger partial charge >= 0.3 is 0 Å². The highest BCUT2D eigenvalue weighted by molar-refractivity contribution is 7.89. The molecule has 0 saturated carbocycles. The van der Waals surface area contributed by atoms with Crippen molar-refractivity contribution in [2.75, 3.05) is 6.54 Å². The highest BCUT2D eigenvalue weighted by Gasteiger charge is 2.21. The third-order valence-corrected chi connectivity index (χ3v) is 4.40. The molecule has 1 rings (SSSR count). The van der Waals surface area contributed by atoms with Crippen molar-refractivity contribution >= 4 is 33.2 Å². The van der Waals surface area contributed by atoms with Gasteiger partial charge in [-0.25, -0.2) is 17.5 Å². The average Bonchev–Trinajstić information content (AvgIpc) is 2.31. The van der Waals surface area contributed by atoms with Crippen molar-refractivity contribution in [3.05, 3.63) is 40.1 Å². The van der Waals surface area contributed by atoms with E-state index in [4.69, 9.17) is 23.2 Å². The van der Waals surface area contributed by atoms with E-state index >= 15 is 0 Å². The minimum atomic E-state index is -3.83. The molecule has 0 saturated heterocycles. The molecule has 0 atom stereocenters. The van der Waals surface area contributed by atoms with Crippen LogP contribution in [0.2, 0.25) is 10.0 Å². The Balaban J connectivity index is 2.95. The first kappa shape index (κ1) is 15.4. The second-order valence-electron chi connectivity index (χ2n) is 3.43. The Kier molecular flexibility index (Phi) is 5.59. The summed E-state index contributed by atoms with van der Waals surface area (Å²) < 4.78 is 39.4. The molecule has 0 heterocycles. The molecule has 7 heteroatoms. The minimum Gasteiger partial charge on any atom is -0.211 e. The van der Waals surface area contributed by atoms with Gasteiger partial charge < -0.3 is 0 Å². The number of nitrogens with one attached hydrogen (secondary N) is 1. The van der Waals surface area contributed by atoms with E-state index in [1.54, 1.807) is 0 Å². The molecule has 100 valence electrons. The van der Waals surface area contributed by atoms with Crippen LogP contribution in [0.5, 0.6) is 0 Å². The highest BCUT2D eigenvalue weighted by Crippen LogP contribution is 2.29. The summed E-state index contributed by atoms with van der Waals surface area (Å²) in [7, 11) is -3.83. The Morgan fingerprint density at radius 2 is 2.06 bits per heavy atom. The molecule has 0 amide bonds. The number of hydrogen-bond donors (Lipinski definition) is 1. The summed E-state index contributed by atoms with van der Waals surface area (Å²) >= 11 is 11.1. The fourth-order valence-electron chi connectivity index (χ4n) is 1.24.